The van der Waals surface area contributed by atoms with Crippen molar-refractivity contribution in [2.75, 3.05) is 37.1 Å². The zero-order valence-corrected chi connectivity index (χ0v) is 13.9. The fraction of sp³-hybridized carbons (Fsp3) is 0.294. The van der Waals surface area contributed by atoms with Gasteiger partial charge in [0.1, 0.15) is 13.2 Å². The first kappa shape index (κ1) is 20.2. The highest BCUT2D eigenvalue weighted by Gasteiger charge is 2.08. The lowest BCUT2D eigenvalue weighted by molar-refractivity contribution is 0.173. The first-order valence-electron chi connectivity index (χ1n) is 7.56. The second-order valence-corrected chi connectivity index (χ2v) is 4.78. The second kappa shape index (κ2) is 11.7. The molecule has 4 N–H and O–H groups in total. The summed E-state index contributed by atoms with van der Waals surface area (Å²) in [4.78, 5) is 23.3. The van der Waals surface area contributed by atoms with Gasteiger partial charge >= 0.3 is 12.2 Å². The van der Waals surface area contributed by atoms with Gasteiger partial charge in [0.2, 0.25) is 0 Å². The zero-order chi connectivity index (χ0) is 18.5. The van der Waals surface area contributed by atoms with Gasteiger partial charge in [-0.25, -0.2) is 9.59 Å². The molecule has 0 radical (unpaired) electrons. The lowest BCUT2D eigenvalue weighted by atomic mass is 10.2. The third-order valence-electron chi connectivity index (χ3n) is 2.89. The number of nitrogens with one attached hydrogen (secondary N) is 2. The molecular weight excluding hydrogens is 328 g/mol. The molecule has 2 amide bonds. The van der Waals surface area contributed by atoms with Crippen LogP contribution < -0.4 is 10.6 Å². The zero-order valence-electron chi connectivity index (χ0n) is 13.9. The van der Waals surface area contributed by atoms with Crippen LogP contribution in [0.4, 0.5) is 21.0 Å². The topological polar surface area (TPSA) is 117 Å². The summed E-state index contributed by atoms with van der Waals surface area (Å²) in [6, 6.07) is 4.97. The summed E-state index contributed by atoms with van der Waals surface area (Å²) >= 11 is 0. The maximum Gasteiger partial charge on any atom is 0.411 e. The summed E-state index contributed by atoms with van der Waals surface area (Å²) in [6.45, 7) is 1.63. The number of amides is 2. The normalized spacial score (nSPS) is 10.8. The maximum absolute atomic E-state index is 11.7. The van der Waals surface area contributed by atoms with Crippen LogP contribution in [0.25, 0.3) is 0 Å². The van der Waals surface area contributed by atoms with E-state index in [-0.39, 0.29) is 26.4 Å². The summed E-state index contributed by atoms with van der Waals surface area (Å²) in [5, 5.41) is 22.3. The van der Waals surface area contributed by atoms with Crippen LogP contribution >= 0.6 is 0 Å². The van der Waals surface area contributed by atoms with Gasteiger partial charge in [-0.2, -0.15) is 0 Å². The van der Waals surface area contributed by atoms with E-state index >= 15 is 0 Å². The van der Waals surface area contributed by atoms with Crippen molar-refractivity contribution in [2.45, 2.75) is 6.92 Å². The molecular formula is C17H22N2O6. The number of aliphatic hydroxyl groups excluding tert-OH is 2. The van der Waals surface area contributed by atoms with Gasteiger partial charge in [0.05, 0.1) is 13.2 Å². The van der Waals surface area contributed by atoms with E-state index in [2.05, 4.69) is 10.6 Å². The highest BCUT2D eigenvalue weighted by molar-refractivity contribution is 5.89. The second-order valence-electron chi connectivity index (χ2n) is 4.78. The number of carbonyl (C=O) groups is 2. The summed E-state index contributed by atoms with van der Waals surface area (Å²) in [6.07, 6.45) is 4.65. The van der Waals surface area contributed by atoms with Gasteiger partial charge in [-0.1, -0.05) is 18.2 Å². The van der Waals surface area contributed by atoms with Gasteiger partial charge in [-0.15, -0.1) is 0 Å². The first-order valence-corrected chi connectivity index (χ1v) is 7.56. The first-order chi connectivity index (χ1) is 12.1. The molecule has 136 valence electrons. The van der Waals surface area contributed by atoms with Crippen LogP contribution in [0.5, 0.6) is 0 Å². The van der Waals surface area contributed by atoms with E-state index in [9.17, 15) is 9.59 Å². The molecule has 0 saturated heterocycles. The lowest BCUT2D eigenvalue weighted by Crippen LogP contribution is -2.16. The molecule has 0 aliphatic carbocycles. The van der Waals surface area contributed by atoms with Crippen LogP contribution in [0, 0.1) is 6.92 Å². The average Bonchev–Trinajstić information content (AvgIpc) is 2.58. The van der Waals surface area contributed by atoms with E-state index < -0.39 is 12.2 Å². The fourth-order valence-corrected chi connectivity index (χ4v) is 1.67. The van der Waals surface area contributed by atoms with Crippen molar-refractivity contribution >= 4 is 23.6 Å². The summed E-state index contributed by atoms with van der Waals surface area (Å²) < 4.78 is 9.80. The predicted octanol–water partition coefficient (Wildman–Crippen LogP) is 2.19. The van der Waals surface area contributed by atoms with Gasteiger partial charge in [0.15, 0.2) is 0 Å². The van der Waals surface area contributed by atoms with E-state index in [1.165, 1.54) is 24.3 Å². The fourth-order valence-electron chi connectivity index (χ4n) is 1.67. The Morgan fingerprint density at radius 3 is 2.08 bits per heavy atom. The molecule has 0 atom stereocenters. The Balaban J connectivity index is 2.57. The number of hydrogen-bond donors (Lipinski definition) is 4. The number of anilines is 2. The van der Waals surface area contributed by atoms with E-state index in [0.717, 1.165) is 5.56 Å². The van der Waals surface area contributed by atoms with E-state index in [4.69, 9.17) is 19.7 Å². The third kappa shape index (κ3) is 8.54. The Morgan fingerprint density at radius 2 is 1.52 bits per heavy atom. The molecule has 25 heavy (non-hydrogen) atoms. The Morgan fingerprint density at radius 1 is 0.960 bits per heavy atom. The van der Waals surface area contributed by atoms with Gasteiger partial charge in [-0.3, -0.25) is 10.6 Å². The monoisotopic (exact) mass is 350 g/mol. The van der Waals surface area contributed by atoms with Gasteiger partial charge < -0.3 is 19.7 Å². The van der Waals surface area contributed by atoms with Crippen molar-refractivity contribution in [1.82, 2.24) is 0 Å². The van der Waals surface area contributed by atoms with Gasteiger partial charge in [0, 0.05) is 11.4 Å². The van der Waals surface area contributed by atoms with Crippen LogP contribution in [0.1, 0.15) is 5.56 Å². The van der Waals surface area contributed by atoms with Crippen molar-refractivity contribution in [1.29, 1.82) is 0 Å². The smallest absolute Gasteiger partial charge is 0.411 e. The highest BCUT2D eigenvalue weighted by Crippen LogP contribution is 2.20. The van der Waals surface area contributed by atoms with Gasteiger partial charge in [-0.05, 0) is 36.8 Å². The molecule has 1 aromatic rings. The molecule has 0 spiro atoms. The molecule has 0 bridgehead atoms. The SMILES string of the molecule is Cc1ccc(NC(=O)OCC=CCO)cc1NC(=O)OCC=CCO. The standard InChI is InChI=1S/C17H22N2O6/c1-13-6-7-14(18-16(22)24-10-4-2-8-20)12-15(13)19-17(23)25-11-5-3-9-21/h2-7,12,20-21H,8-11H2,1H3,(H,18,22)(H,19,23). The van der Waals surface area contributed by atoms with E-state index in [1.807, 2.05) is 0 Å². The minimum atomic E-state index is -0.658. The number of rotatable bonds is 8. The number of carbonyl (C=O) groups excluding carboxylic acids is 2. The number of ether oxygens (including phenoxy) is 2. The molecule has 0 unspecified atom stereocenters. The molecule has 0 heterocycles. The number of aryl methyl sites for hydroxylation is 1. The maximum atomic E-state index is 11.7. The highest BCUT2D eigenvalue weighted by atomic mass is 16.6. The molecule has 8 heteroatoms. The van der Waals surface area contributed by atoms with Crippen molar-refractivity contribution < 1.29 is 29.3 Å². The largest absolute Gasteiger partial charge is 0.445 e. The molecule has 1 rings (SSSR count). The number of aliphatic hydroxyl groups is 2. The number of hydrogen-bond acceptors (Lipinski definition) is 6. The van der Waals surface area contributed by atoms with E-state index in [1.54, 1.807) is 25.1 Å². The van der Waals surface area contributed by atoms with Crippen LogP contribution in [0.3, 0.4) is 0 Å². The van der Waals surface area contributed by atoms with E-state index in [0.29, 0.717) is 11.4 Å². The Kier molecular flexibility index (Phi) is 9.42. The van der Waals surface area contributed by atoms with Crippen LogP contribution in [-0.4, -0.2) is 48.8 Å². The van der Waals surface area contributed by atoms with Crippen molar-refractivity contribution in [3.8, 4) is 0 Å². The summed E-state index contributed by atoms with van der Waals surface area (Å²) in [5.41, 5.74) is 1.71. The minimum absolute atomic E-state index is 0.0387. The molecule has 8 nitrogen and oxygen atoms in total. The molecule has 0 saturated carbocycles. The quantitative estimate of drug-likeness (QED) is 0.534. The Hall–Kier alpha value is -2.84. The van der Waals surface area contributed by atoms with Gasteiger partial charge in [0.25, 0.3) is 0 Å². The summed E-state index contributed by atoms with van der Waals surface area (Å²) in [7, 11) is 0. The minimum Gasteiger partial charge on any atom is -0.445 e. The summed E-state index contributed by atoms with van der Waals surface area (Å²) in [5.74, 6) is 0. The van der Waals surface area contributed by atoms with Crippen LogP contribution in [0.2, 0.25) is 0 Å². The Labute approximate surface area is 145 Å². The lowest BCUT2D eigenvalue weighted by Gasteiger charge is -2.11. The molecule has 0 aromatic heterocycles. The van der Waals surface area contributed by atoms with Crippen molar-refractivity contribution in [2.24, 2.45) is 0 Å². The molecule has 1 aromatic carbocycles. The van der Waals surface area contributed by atoms with Crippen LogP contribution in [0.15, 0.2) is 42.5 Å². The van der Waals surface area contributed by atoms with Crippen LogP contribution in [-0.2, 0) is 9.47 Å². The Bertz CT molecular complexity index is 628. The number of benzene rings is 1. The average molecular weight is 350 g/mol. The molecule has 0 fully saturated rings. The molecule has 0 aliphatic rings. The van der Waals surface area contributed by atoms with Crippen molar-refractivity contribution in [3.05, 3.63) is 48.1 Å². The van der Waals surface area contributed by atoms with Crippen molar-refractivity contribution in [3.63, 3.8) is 0 Å². The molecule has 0 aliphatic heterocycles. The predicted molar refractivity (Wildman–Crippen MR) is 93.6 cm³/mol. The third-order valence-corrected chi connectivity index (χ3v) is 2.89.